The zero-order valence-corrected chi connectivity index (χ0v) is 11.2. The molecule has 2 nitrogen and oxygen atoms in total. The number of rotatable bonds is 4. The molecule has 2 aromatic carbocycles. The van der Waals surface area contributed by atoms with Crippen molar-refractivity contribution in [3.05, 3.63) is 70.8 Å². The third kappa shape index (κ3) is 2.86. The molecule has 2 aromatic rings. The fourth-order valence-corrected chi connectivity index (χ4v) is 2.64. The van der Waals surface area contributed by atoms with E-state index in [2.05, 4.69) is 42.7 Å². The normalized spacial score (nSPS) is 17.4. The van der Waals surface area contributed by atoms with Crippen molar-refractivity contribution in [1.82, 2.24) is 5.48 Å². The minimum atomic E-state index is 0.332. The summed E-state index contributed by atoms with van der Waals surface area (Å²) in [7, 11) is 0. The molecule has 0 spiro atoms. The molecule has 1 aliphatic carbocycles. The lowest BCUT2D eigenvalue weighted by atomic mass is 10.1. The molecule has 19 heavy (non-hydrogen) atoms. The lowest BCUT2D eigenvalue weighted by molar-refractivity contribution is 0.00331. The number of hydroxylamine groups is 1. The molecular formula is C17H19NO. The molecule has 0 bridgehead atoms. The number of fused-ring (bicyclic) bond motifs is 1. The van der Waals surface area contributed by atoms with Gasteiger partial charge in [-0.05, 0) is 36.5 Å². The summed E-state index contributed by atoms with van der Waals surface area (Å²) in [5, 5.41) is 0. The average molecular weight is 253 g/mol. The van der Waals surface area contributed by atoms with Gasteiger partial charge < -0.3 is 0 Å². The van der Waals surface area contributed by atoms with Crippen LogP contribution in [0.3, 0.4) is 0 Å². The first-order valence-corrected chi connectivity index (χ1v) is 6.83. The van der Waals surface area contributed by atoms with Gasteiger partial charge in [-0.15, -0.1) is 0 Å². The van der Waals surface area contributed by atoms with Gasteiger partial charge in [-0.3, -0.25) is 4.84 Å². The van der Waals surface area contributed by atoms with Crippen molar-refractivity contribution in [3.8, 4) is 0 Å². The molecule has 1 atom stereocenters. The first-order chi connectivity index (χ1) is 9.33. The molecule has 98 valence electrons. The lowest BCUT2D eigenvalue weighted by Gasteiger charge is -2.14. The summed E-state index contributed by atoms with van der Waals surface area (Å²) in [6, 6.07) is 17.3. The zero-order valence-electron chi connectivity index (χ0n) is 11.2. The zero-order chi connectivity index (χ0) is 13.1. The highest BCUT2D eigenvalue weighted by Crippen LogP contribution is 2.31. The van der Waals surface area contributed by atoms with Crippen molar-refractivity contribution in [2.75, 3.05) is 0 Å². The van der Waals surface area contributed by atoms with Crippen molar-refractivity contribution in [1.29, 1.82) is 0 Å². The van der Waals surface area contributed by atoms with Crippen LogP contribution in [0, 0.1) is 6.92 Å². The Labute approximate surface area is 114 Å². The second-order valence-corrected chi connectivity index (χ2v) is 5.19. The maximum absolute atomic E-state index is 5.65. The maximum Gasteiger partial charge on any atom is 0.0933 e. The van der Waals surface area contributed by atoms with Crippen LogP contribution in [0.2, 0.25) is 0 Å². The second kappa shape index (κ2) is 5.55. The molecule has 0 saturated carbocycles. The number of hydrogen-bond acceptors (Lipinski definition) is 2. The predicted molar refractivity (Wildman–Crippen MR) is 76.6 cm³/mol. The van der Waals surface area contributed by atoms with E-state index in [1.807, 2.05) is 18.2 Å². The van der Waals surface area contributed by atoms with E-state index >= 15 is 0 Å². The van der Waals surface area contributed by atoms with Gasteiger partial charge in [0.1, 0.15) is 0 Å². The maximum atomic E-state index is 5.65. The lowest BCUT2D eigenvalue weighted by Crippen LogP contribution is -2.19. The van der Waals surface area contributed by atoms with Crippen LogP contribution in [0.5, 0.6) is 0 Å². The predicted octanol–water partition coefficient (Wildman–Crippen LogP) is 3.70. The highest BCUT2D eigenvalue weighted by molar-refractivity contribution is 5.37. The van der Waals surface area contributed by atoms with Gasteiger partial charge in [-0.1, -0.05) is 54.1 Å². The van der Waals surface area contributed by atoms with Crippen molar-refractivity contribution in [3.63, 3.8) is 0 Å². The molecule has 0 heterocycles. The Hall–Kier alpha value is -1.64. The van der Waals surface area contributed by atoms with Crippen LogP contribution in [-0.2, 0) is 17.9 Å². The molecule has 0 aromatic heterocycles. The topological polar surface area (TPSA) is 21.3 Å². The molecule has 1 N–H and O–H groups in total. The van der Waals surface area contributed by atoms with Crippen LogP contribution in [0.4, 0.5) is 0 Å². The van der Waals surface area contributed by atoms with Crippen molar-refractivity contribution in [2.45, 2.75) is 32.4 Å². The molecule has 2 heteroatoms. The average Bonchev–Trinajstić information content (AvgIpc) is 2.83. The third-order valence-corrected chi connectivity index (χ3v) is 3.69. The number of aryl methyl sites for hydroxylation is 2. The standard InChI is InChI=1S/C17H19NO/c1-13-7-8-15-9-10-17(16(15)11-13)18-19-12-14-5-3-2-4-6-14/h2-8,11,17-18H,9-10,12H2,1H3. The Morgan fingerprint density at radius 1 is 1.16 bits per heavy atom. The molecule has 1 unspecified atom stereocenters. The highest BCUT2D eigenvalue weighted by atomic mass is 16.6. The van der Waals surface area contributed by atoms with E-state index in [4.69, 9.17) is 4.84 Å². The molecule has 0 saturated heterocycles. The minimum absolute atomic E-state index is 0.332. The second-order valence-electron chi connectivity index (χ2n) is 5.19. The van der Waals surface area contributed by atoms with E-state index in [1.54, 1.807) is 0 Å². The highest BCUT2D eigenvalue weighted by Gasteiger charge is 2.22. The Bertz CT molecular complexity index is 550. The summed E-state index contributed by atoms with van der Waals surface area (Å²) >= 11 is 0. The van der Waals surface area contributed by atoms with Crippen molar-refractivity contribution >= 4 is 0 Å². The Morgan fingerprint density at radius 3 is 2.84 bits per heavy atom. The Morgan fingerprint density at radius 2 is 2.00 bits per heavy atom. The van der Waals surface area contributed by atoms with Crippen LogP contribution in [0.15, 0.2) is 48.5 Å². The van der Waals surface area contributed by atoms with Crippen LogP contribution in [-0.4, -0.2) is 0 Å². The van der Waals surface area contributed by atoms with Gasteiger partial charge in [-0.25, -0.2) is 0 Å². The monoisotopic (exact) mass is 253 g/mol. The van der Waals surface area contributed by atoms with Crippen molar-refractivity contribution in [2.24, 2.45) is 0 Å². The molecule has 0 aliphatic heterocycles. The summed E-state index contributed by atoms with van der Waals surface area (Å²) in [4.78, 5) is 5.65. The summed E-state index contributed by atoms with van der Waals surface area (Å²) in [5.41, 5.74) is 8.57. The molecule has 3 rings (SSSR count). The molecular weight excluding hydrogens is 234 g/mol. The van der Waals surface area contributed by atoms with Gasteiger partial charge in [0.25, 0.3) is 0 Å². The minimum Gasteiger partial charge on any atom is -0.296 e. The van der Waals surface area contributed by atoms with Crippen LogP contribution >= 0.6 is 0 Å². The van der Waals surface area contributed by atoms with E-state index in [9.17, 15) is 0 Å². The molecule has 0 amide bonds. The largest absolute Gasteiger partial charge is 0.296 e. The Kier molecular flexibility index (Phi) is 3.62. The van der Waals surface area contributed by atoms with Gasteiger partial charge in [0.2, 0.25) is 0 Å². The van der Waals surface area contributed by atoms with Gasteiger partial charge in [-0.2, -0.15) is 5.48 Å². The Balaban J connectivity index is 1.59. The van der Waals surface area contributed by atoms with E-state index in [1.165, 1.54) is 22.3 Å². The summed E-state index contributed by atoms with van der Waals surface area (Å²) in [6.45, 7) is 2.75. The van der Waals surface area contributed by atoms with Crippen LogP contribution in [0.1, 0.15) is 34.7 Å². The van der Waals surface area contributed by atoms with E-state index in [0.29, 0.717) is 12.6 Å². The van der Waals surface area contributed by atoms with E-state index < -0.39 is 0 Å². The smallest absolute Gasteiger partial charge is 0.0933 e. The quantitative estimate of drug-likeness (QED) is 0.839. The van der Waals surface area contributed by atoms with Crippen LogP contribution < -0.4 is 5.48 Å². The molecule has 1 aliphatic rings. The van der Waals surface area contributed by atoms with Crippen LogP contribution in [0.25, 0.3) is 0 Å². The van der Waals surface area contributed by atoms with Gasteiger partial charge in [0.15, 0.2) is 0 Å². The van der Waals surface area contributed by atoms with Crippen molar-refractivity contribution < 1.29 is 4.84 Å². The number of benzene rings is 2. The first-order valence-electron chi connectivity index (χ1n) is 6.83. The van der Waals surface area contributed by atoms with Gasteiger partial charge in [0, 0.05) is 0 Å². The summed E-state index contributed by atoms with van der Waals surface area (Å²) in [5.74, 6) is 0. The fourth-order valence-electron chi connectivity index (χ4n) is 2.64. The first kappa shape index (κ1) is 12.4. The third-order valence-electron chi connectivity index (χ3n) is 3.69. The molecule has 0 radical (unpaired) electrons. The van der Waals surface area contributed by atoms with Gasteiger partial charge >= 0.3 is 0 Å². The van der Waals surface area contributed by atoms with E-state index in [-0.39, 0.29) is 0 Å². The number of nitrogens with one attached hydrogen (secondary N) is 1. The SMILES string of the molecule is Cc1ccc2c(c1)C(NOCc1ccccc1)CC2. The summed E-state index contributed by atoms with van der Waals surface area (Å²) < 4.78 is 0. The fraction of sp³-hybridized carbons (Fsp3) is 0.294. The number of hydrogen-bond donors (Lipinski definition) is 1. The summed E-state index contributed by atoms with van der Waals surface area (Å²) in [6.07, 6.45) is 2.26. The molecule has 0 fully saturated rings. The van der Waals surface area contributed by atoms with E-state index in [0.717, 1.165) is 12.8 Å². The van der Waals surface area contributed by atoms with Gasteiger partial charge in [0.05, 0.1) is 12.6 Å².